The van der Waals surface area contributed by atoms with Gasteiger partial charge < -0.3 is 5.32 Å². The van der Waals surface area contributed by atoms with Gasteiger partial charge in [-0.15, -0.1) is 11.3 Å². The minimum atomic E-state index is -0.339. The summed E-state index contributed by atoms with van der Waals surface area (Å²) in [5, 5.41) is 16.3. The third-order valence-corrected chi connectivity index (χ3v) is 4.79. The molecule has 19 heavy (non-hydrogen) atoms. The molecule has 0 radical (unpaired) electrons. The summed E-state index contributed by atoms with van der Waals surface area (Å²) in [4.78, 5) is 11.8. The summed E-state index contributed by atoms with van der Waals surface area (Å²) in [5.74, 6) is 0. The number of nitro groups is 1. The first-order valence-corrected chi connectivity index (χ1v) is 7.45. The van der Waals surface area contributed by atoms with Gasteiger partial charge in [-0.2, -0.15) is 0 Å². The van der Waals surface area contributed by atoms with Crippen LogP contribution in [0.15, 0.2) is 40.2 Å². The Morgan fingerprint density at radius 1 is 1.42 bits per heavy atom. The van der Waals surface area contributed by atoms with E-state index in [4.69, 9.17) is 0 Å². The third-order valence-electron chi connectivity index (χ3n) is 2.86. The zero-order valence-corrected chi connectivity index (χ0v) is 12.7. The lowest BCUT2D eigenvalue weighted by Gasteiger charge is -2.13. The van der Waals surface area contributed by atoms with Crippen LogP contribution in [0.25, 0.3) is 0 Å². The number of nitrogens with one attached hydrogen (secondary N) is 1. The topological polar surface area (TPSA) is 55.2 Å². The molecule has 2 aromatic rings. The van der Waals surface area contributed by atoms with Gasteiger partial charge in [0.05, 0.1) is 4.92 Å². The Kier molecular flexibility index (Phi) is 4.68. The molecule has 6 heteroatoms. The number of hydrogen-bond donors (Lipinski definition) is 1. The smallest absolute Gasteiger partial charge is 0.274 e. The van der Waals surface area contributed by atoms with Crippen LogP contribution in [-0.2, 0) is 6.54 Å². The molecule has 0 spiro atoms. The Morgan fingerprint density at radius 2 is 2.16 bits per heavy atom. The molecule has 0 saturated carbocycles. The van der Waals surface area contributed by atoms with E-state index in [1.807, 2.05) is 24.4 Å². The molecule has 1 aromatic heterocycles. The molecule has 100 valence electrons. The van der Waals surface area contributed by atoms with Crippen molar-refractivity contribution in [3.63, 3.8) is 0 Å². The second-order valence-electron chi connectivity index (χ2n) is 4.11. The van der Waals surface area contributed by atoms with Gasteiger partial charge in [-0.3, -0.25) is 10.1 Å². The number of hydrogen-bond acceptors (Lipinski definition) is 4. The van der Waals surface area contributed by atoms with E-state index in [1.165, 1.54) is 10.9 Å². The molecular formula is C13H13BrN2O2S. The second kappa shape index (κ2) is 6.27. The van der Waals surface area contributed by atoms with Crippen LogP contribution in [0, 0.1) is 10.1 Å². The van der Waals surface area contributed by atoms with Crippen LogP contribution >= 0.6 is 27.3 Å². The molecule has 0 aliphatic carbocycles. The lowest BCUT2D eigenvalue weighted by molar-refractivity contribution is -0.385. The van der Waals surface area contributed by atoms with E-state index in [2.05, 4.69) is 21.2 Å². The van der Waals surface area contributed by atoms with Crippen molar-refractivity contribution in [2.24, 2.45) is 0 Å². The van der Waals surface area contributed by atoms with Crippen molar-refractivity contribution in [2.75, 3.05) is 0 Å². The Bertz CT molecular complexity index is 586. The van der Waals surface area contributed by atoms with Crippen molar-refractivity contribution >= 4 is 33.0 Å². The van der Waals surface area contributed by atoms with Gasteiger partial charge in [0.25, 0.3) is 5.69 Å². The number of rotatable bonds is 5. The molecule has 1 aromatic carbocycles. The standard InChI is InChI=1S/C13H13BrN2O2S/c1-9(15-8-13-11(14)6-7-19-13)10-4-2-3-5-12(10)16(17)18/h2-7,9,15H,8H2,1H3. The predicted molar refractivity (Wildman–Crippen MR) is 80.4 cm³/mol. The van der Waals surface area contributed by atoms with Gasteiger partial charge in [0.15, 0.2) is 0 Å². The van der Waals surface area contributed by atoms with Crippen LogP contribution in [-0.4, -0.2) is 4.92 Å². The van der Waals surface area contributed by atoms with E-state index < -0.39 is 0 Å². The fraction of sp³-hybridized carbons (Fsp3) is 0.231. The lowest BCUT2D eigenvalue weighted by Crippen LogP contribution is -2.18. The molecular weight excluding hydrogens is 328 g/mol. The van der Waals surface area contributed by atoms with E-state index in [9.17, 15) is 10.1 Å². The maximum absolute atomic E-state index is 11.0. The van der Waals surface area contributed by atoms with Gasteiger partial charge in [0.1, 0.15) is 0 Å². The highest BCUT2D eigenvalue weighted by Crippen LogP contribution is 2.26. The molecule has 1 unspecified atom stereocenters. The quantitative estimate of drug-likeness (QED) is 0.653. The first-order valence-electron chi connectivity index (χ1n) is 5.78. The Balaban J connectivity index is 2.10. The minimum absolute atomic E-state index is 0.0735. The molecule has 4 nitrogen and oxygen atoms in total. The molecule has 0 amide bonds. The summed E-state index contributed by atoms with van der Waals surface area (Å²) in [6.45, 7) is 2.62. The van der Waals surface area contributed by atoms with Crippen LogP contribution in [0.1, 0.15) is 23.4 Å². The van der Waals surface area contributed by atoms with Crippen molar-refractivity contribution < 1.29 is 4.92 Å². The number of nitro benzene ring substituents is 1. The highest BCUT2D eigenvalue weighted by Gasteiger charge is 2.17. The summed E-state index contributed by atoms with van der Waals surface area (Å²) in [7, 11) is 0. The number of thiophene rings is 1. The van der Waals surface area contributed by atoms with Gasteiger partial charge in [0.2, 0.25) is 0 Å². The first kappa shape index (κ1) is 14.2. The molecule has 0 fully saturated rings. The van der Waals surface area contributed by atoms with Crippen molar-refractivity contribution in [3.05, 3.63) is 60.7 Å². The fourth-order valence-corrected chi connectivity index (χ4v) is 3.27. The number of para-hydroxylation sites is 1. The highest BCUT2D eigenvalue weighted by molar-refractivity contribution is 9.10. The molecule has 1 atom stereocenters. The minimum Gasteiger partial charge on any atom is -0.305 e. The summed E-state index contributed by atoms with van der Waals surface area (Å²) in [6.07, 6.45) is 0. The molecule has 1 N–H and O–H groups in total. The summed E-state index contributed by atoms with van der Waals surface area (Å²) in [5.41, 5.74) is 0.868. The molecule has 0 aliphatic heterocycles. The third kappa shape index (κ3) is 3.40. The largest absolute Gasteiger partial charge is 0.305 e. The molecule has 0 saturated heterocycles. The van der Waals surface area contributed by atoms with Gasteiger partial charge in [-0.25, -0.2) is 0 Å². The van der Waals surface area contributed by atoms with Crippen molar-refractivity contribution in [1.82, 2.24) is 5.32 Å². The van der Waals surface area contributed by atoms with Crippen molar-refractivity contribution in [2.45, 2.75) is 19.5 Å². The predicted octanol–water partition coefficient (Wildman–Crippen LogP) is 4.27. The van der Waals surface area contributed by atoms with Crippen LogP contribution in [0.5, 0.6) is 0 Å². The van der Waals surface area contributed by atoms with Crippen LogP contribution in [0.3, 0.4) is 0 Å². The Morgan fingerprint density at radius 3 is 2.79 bits per heavy atom. The first-order chi connectivity index (χ1) is 9.09. The average molecular weight is 341 g/mol. The maximum atomic E-state index is 11.0. The summed E-state index contributed by atoms with van der Waals surface area (Å²) in [6, 6.07) is 8.76. The fourth-order valence-electron chi connectivity index (χ4n) is 1.83. The lowest BCUT2D eigenvalue weighted by atomic mass is 10.1. The highest BCUT2D eigenvalue weighted by atomic mass is 79.9. The van der Waals surface area contributed by atoms with E-state index in [-0.39, 0.29) is 16.7 Å². The zero-order valence-electron chi connectivity index (χ0n) is 10.3. The molecule has 0 aliphatic rings. The van der Waals surface area contributed by atoms with Gasteiger partial charge in [0, 0.05) is 33.6 Å². The number of nitrogens with zero attached hydrogens (tertiary/aromatic N) is 1. The van der Waals surface area contributed by atoms with Crippen molar-refractivity contribution in [3.8, 4) is 0 Å². The number of halogens is 1. The van der Waals surface area contributed by atoms with Gasteiger partial charge in [-0.1, -0.05) is 18.2 Å². The Hall–Kier alpha value is -1.24. The van der Waals surface area contributed by atoms with Crippen LogP contribution in [0.4, 0.5) is 5.69 Å². The van der Waals surface area contributed by atoms with Gasteiger partial charge >= 0.3 is 0 Å². The van der Waals surface area contributed by atoms with E-state index >= 15 is 0 Å². The summed E-state index contributed by atoms with van der Waals surface area (Å²) >= 11 is 5.13. The van der Waals surface area contributed by atoms with Crippen LogP contribution in [0.2, 0.25) is 0 Å². The van der Waals surface area contributed by atoms with E-state index in [0.717, 1.165) is 4.47 Å². The van der Waals surface area contributed by atoms with Crippen molar-refractivity contribution in [1.29, 1.82) is 0 Å². The monoisotopic (exact) mass is 340 g/mol. The molecule has 1 heterocycles. The zero-order chi connectivity index (χ0) is 13.8. The number of benzene rings is 1. The molecule has 2 rings (SSSR count). The average Bonchev–Trinajstić information content (AvgIpc) is 2.81. The Labute approximate surface area is 123 Å². The normalized spacial score (nSPS) is 12.3. The second-order valence-corrected chi connectivity index (χ2v) is 5.97. The van der Waals surface area contributed by atoms with Gasteiger partial charge in [-0.05, 0) is 34.3 Å². The summed E-state index contributed by atoms with van der Waals surface area (Å²) < 4.78 is 1.07. The van der Waals surface area contributed by atoms with E-state index in [1.54, 1.807) is 23.5 Å². The SMILES string of the molecule is CC(NCc1sccc1Br)c1ccccc1[N+](=O)[O-]. The van der Waals surface area contributed by atoms with E-state index in [0.29, 0.717) is 12.1 Å². The van der Waals surface area contributed by atoms with Crippen LogP contribution < -0.4 is 5.32 Å². The maximum Gasteiger partial charge on any atom is 0.274 e. The molecule has 0 bridgehead atoms.